The van der Waals surface area contributed by atoms with Gasteiger partial charge in [-0.1, -0.05) is 72.8 Å². The number of nitrogens with zero attached hydrogens (tertiary/aromatic N) is 1. The summed E-state index contributed by atoms with van der Waals surface area (Å²) in [4.78, 5) is 14.3. The minimum absolute atomic E-state index is 0.0585. The number of carbonyl (C=O) groups excluding carboxylic acids is 1. The summed E-state index contributed by atoms with van der Waals surface area (Å²) in [5.74, 6) is 0.0585. The van der Waals surface area contributed by atoms with Crippen LogP contribution in [0, 0.1) is 0 Å². The molecule has 31 heavy (non-hydrogen) atoms. The van der Waals surface area contributed by atoms with Gasteiger partial charge in [0.1, 0.15) is 0 Å². The van der Waals surface area contributed by atoms with E-state index in [1.807, 2.05) is 60.7 Å². The maximum Gasteiger partial charge on any atom is 0.240 e. The number of benzene rings is 3. The Kier molecular flexibility index (Phi) is 7.98. The van der Waals surface area contributed by atoms with E-state index in [1.165, 1.54) is 0 Å². The predicted octanol–water partition coefficient (Wildman–Crippen LogP) is 3.80. The van der Waals surface area contributed by atoms with Crippen molar-refractivity contribution in [1.29, 1.82) is 0 Å². The number of hydrogen-bond acceptors (Lipinski definition) is 3. The number of nitrogens with one attached hydrogen (secondary N) is 1. The van der Waals surface area contributed by atoms with Crippen LogP contribution < -0.4 is 4.72 Å². The Labute approximate surface area is 184 Å². The third-order valence-electron chi connectivity index (χ3n) is 5.10. The second kappa shape index (κ2) is 10.9. The summed E-state index contributed by atoms with van der Waals surface area (Å²) in [7, 11) is -1.75. The van der Waals surface area contributed by atoms with Gasteiger partial charge in [0.05, 0.1) is 4.90 Å². The second-order valence-corrected chi connectivity index (χ2v) is 9.28. The van der Waals surface area contributed by atoms with E-state index in [0.717, 1.165) is 16.7 Å². The number of sulfonamides is 1. The van der Waals surface area contributed by atoms with Crippen LogP contribution in [-0.2, 0) is 34.2 Å². The topological polar surface area (TPSA) is 66.5 Å². The third kappa shape index (κ3) is 7.05. The van der Waals surface area contributed by atoms with Crippen molar-refractivity contribution in [3.63, 3.8) is 0 Å². The van der Waals surface area contributed by atoms with Gasteiger partial charge in [0.2, 0.25) is 15.9 Å². The number of carbonyl (C=O) groups is 1. The first kappa shape index (κ1) is 22.7. The Bertz CT molecular complexity index is 1070. The average molecular weight is 437 g/mol. The Morgan fingerprint density at radius 1 is 0.774 bits per heavy atom. The lowest BCUT2D eigenvalue weighted by atomic mass is 10.1. The molecular formula is C25H28N2O3S. The fourth-order valence-electron chi connectivity index (χ4n) is 3.28. The molecule has 162 valence electrons. The van der Waals surface area contributed by atoms with Crippen LogP contribution in [0.2, 0.25) is 0 Å². The van der Waals surface area contributed by atoms with Gasteiger partial charge < -0.3 is 4.90 Å². The van der Waals surface area contributed by atoms with Gasteiger partial charge in [0, 0.05) is 26.6 Å². The summed E-state index contributed by atoms with van der Waals surface area (Å²) in [5.41, 5.74) is 3.11. The monoisotopic (exact) mass is 436 g/mol. The van der Waals surface area contributed by atoms with Gasteiger partial charge in [-0.3, -0.25) is 4.79 Å². The van der Waals surface area contributed by atoms with Gasteiger partial charge in [0.15, 0.2) is 0 Å². The van der Waals surface area contributed by atoms with Crippen LogP contribution in [-0.4, -0.2) is 32.8 Å². The molecule has 3 rings (SSSR count). The quantitative estimate of drug-likeness (QED) is 0.526. The minimum atomic E-state index is -3.55. The molecule has 0 unspecified atom stereocenters. The van der Waals surface area contributed by atoms with Crippen molar-refractivity contribution in [2.75, 3.05) is 13.6 Å². The van der Waals surface area contributed by atoms with Crippen LogP contribution in [0.1, 0.15) is 23.1 Å². The molecule has 0 heterocycles. The molecule has 0 aromatic heterocycles. The standard InChI is InChI=1S/C25H28N2O3S/c1-27(20-23-10-6-3-7-11-23)25(28)17-14-22-12-15-24(16-13-22)31(29,30)26-19-18-21-8-4-2-5-9-21/h2-13,15-16,26H,14,17-20H2,1H3. The smallest absolute Gasteiger partial charge is 0.240 e. The van der Waals surface area contributed by atoms with Gasteiger partial charge >= 0.3 is 0 Å². The highest BCUT2D eigenvalue weighted by molar-refractivity contribution is 7.89. The zero-order valence-corrected chi connectivity index (χ0v) is 18.5. The van der Waals surface area contributed by atoms with E-state index in [0.29, 0.717) is 32.4 Å². The van der Waals surface area contributed by atoms with Crippen LogP contribution in [0.3, 0.4) is 0 Å². The zero-order chi connectivity index (χ0) is 22.1. The summed E-state index contributed by atoms with van der Waals surface area (Å²) < 4.78 is 27.6. The molecule has 3 aromatic rings. The van der Waals surface area contributed by atoms with Crippen molar-refractivity contribution in [2.24, 2.45) is 0 Å². The van der Waals surface area contributed by atoms with Crippen molar-refractivity contribution in [3.05, 3.63) is 102 Å². The van der Waals surface area contributed by atoms with Crippen LogP contribution >= 0.6 is 0 Å². The summed E-state index contributed by atoms with van der Waals surface area (Å²) >= 11 is 0. The summed E-state index contributed by atoms with van der Waals surface area (Å²) in [5, 5.41) is 0. The number of hydrogen-bond donors (Lipinski definition) is 1. The van der Waals surface area contributed by atoms with E-state index in [2.05, 4.69) is 4.72 Å². The first-order valence-electron chi connectivity index (χ1n) is 10.3. The average Bonchev–Trinajstić information content (AvgIpc) is 2.79. The predicted molar refractivity (Wildman–Crippen MR) is 123 cm³/mol. The molecule has 6 heteroatoms. The van der Waals surface area contributed by atoms with E-state index in [4.69, 9.17) is 0 Å². The summed E-state index contributed by atoms with van der Waals surface area (Å²) in [6.07, 6.45) is 1.58. The van der Waals surface area contributed by atoms with Gasteiger partial charge in [-0.2, -0.15) is 0 Å². The molecule has 0 atom stereocenters. The van der Waals surface area contributed by atoms with E-state index < -0.39 is 10.0 Å². The zero-order valence-electron chi connectivity index (χ0n) is 17.7. The Hall–Kier alpha value is -2.96. The summed E-state index contributed by atoms with van der Waals surface area (Å²) in [6.45, 7) is 0.919. The lowest BCUT2D eigenvalue weighted by molar-refractivity contribution is -0.130. The van der Waals surface area contributed by atoms with Crippen LogP contribution in [0.4, 0.5) is 0 Å². The molecule has 0 spiro atoms. The van der Waals surface area contributed by atoms with Gasteiger partial charge in [0.25, 0.3) is 0 Å². The minimum Gasteiger partial charge on any atom is -0.341 e. The Morgan fingerprint density at radius 2 is 1.32 bits per heavy atom. The molecule has 0 fully saturated rings. The first-order valence-corrected chi connectivity index (χ1v) is 11.8. The lowest BCUT2D eigenvalue weighted by Crippen LogP contribution is -2.26. The fourth-order valence-corrected chi connectivity index (χ4v) is 4.31. The summed E-state index contributed by atoms with van der Waals surface area (Å²) in [6, 6.07) is 26.4. The van der Waals surface area contributed by atoms with E-state index >= 15 is 0 Å². The molecule has 0 radical (unpaired) electrons. The highest BCUT2D eigenvalue weighted by Gasteiger charge is 2.14. The van der Waals surface area contributed by atoms with Crippen molar-refractivity contribution >= 4 is 15.9 Å². The van der Waals surface area contributed by atoms with Gasteiger partial charge in [-0.25, -0.2) is 13.1 Å². The molecule has 0 bridgehead atoms. The fraction of sp³-hybridized carbons (Fsp3) is 0.240. The van der Waals surface area contributed by atoms with Crippen molar-refractivity contribution in [1.82, 2.24) is 9.62 Å². The third-order valence-corrected chi connectivity index (χ3v) is 6.58. The highest BCUT2D eigenvalue weighted by atomic mass is 32.2. The molecule has 0 aliphatic rings. The van der Waals surface area contributed by atoms with Crippen LogP contribution in [0.5, 0.6) is 0 Å². The molecule has 3 aromatic carbocycles. The van der Waals surface area contributed by atoms with E-state index in [9.17, 15) is 13.2 Å². The normalized spacial score (nSPS) is 11.3. The molecule has 0 saturated heterocycles. The second-order valence-electron chi connectivity index (χ2n) is 7.51. The maximum atomic E-state index is 12.5. The first-order chi connectivity index (χ1) is 14.9. The number of rotatable bonds is 10. The molecule has 5 nitrogen and oxygen atoms in total. The van der Waals surface area contributed by atoms with E-state index in [-0.39, 0.29) is 10.8 Å². The van der Waals surface area contributed by atoms with Crippen LogP contribution in [0.15, 0.2) is 89.8 Å². The number of aryl methyl sites for hydroxylation is 1. The largest absolute Gasteiger partial charge is 0.341 e. The molecule has 0 saturated carbocycles. The van der Waals surface area contributed by atoms with Crippen molar-refractivity contribution in [2.45, 2.75) is 30.7 Å². The number of amides is 1. The van der Waals surface area contributed by atoms with Crippen LogP contribution in [0.25, 0.3) is 0 Å². The van der Waals surface area contributed by atoms with Crippen molar-refractivity contribution < 1.29 is 13.2 Å². The molecule has 0 aliphatic carbocycles. The molecular weight excluding hydrogens is 408 g/mol. The Morgan fingerprint density at radius 3 is 1.94 bits per heavy atom. The lowest BCUT2D eigenvalue weighted by Gasteiger charge is -2.17. The van der Waals surface area contributed by atoms with E-state index in [1.54, 1.807) is 36.2 Å². The Balaban J connectivity index is 1.48. The molecule has 1 amide bonds. The van der Waals surface area contributed by atoms with Gasteiger partial charge in [-0.05, 0) is 41.7 Å². The maximum absolute atomic E-state index is 12.5. The van der Waals surface area contributed by atoms with Crippen molar-refractivity contribution in [3.8, 4) is 0 Å². The highest BCUT2D eigenvalue weighted by Crippen LogP contribution is 2.13. The van der Waals surface area contributed by atoms with Gasteiger partial charge in [-0.15, -0.1) is 0 Å². The molecule has 1 N–H and O–H groups in total. The molecule has 0 aliphatic heterocycles. The SMILES string of the molecule is CN(Cc1ccccc1)C(=O)CCc1ccc(S(=O)(=O)NCCc2ccccc2)cc1.